The minimum absolute atomic E-state index is 0.0510. The Balaban J connectivity index is 1.61. The highest BCUT2D eigenvalue weighted by molar-refractivity contribution is 7.91. The van der Waals surface area contributed by atoms with Crippen molar-refractivity contribution in [3.05, 3.63) is 40.5 Å². The van der Waals surface area contributed by atoms with E-state index in [9.17, 15) is 13.2 Å². The van der Waals surface area contributed by atoms with Gasteiger partial charge in [-0.2, -0.15) is 5.10 Å². The molecule has 1 atom stereocenters. The molecule has 2 aromatic rings. The summed E-state index contributed by atoms with van der Waals surface area (Å²) in [6.45, 7) is 8.43. The Hall–Kier alpha value is -2.06. The second kappa shape index (κ2) is 9.20. The molecule has 170 valence electrons. The van der Waals surface area contributed by atoms with E-state index in [1.54, 1.807) is 10.7 Å². The smallest absolute Gasteiger partial charge is 0.225 e. The number of nitrogens with one attached hydrogen (secondary N) is 1. The molecule has 0 unspecified atom stereocenters. The van der Waals surface area contributed by atoms with Gasteiger partial charge in [-0.3, -0.25) is 4.79 Å². The first-order valence-corrected chi connectivity index (χ1v) is 12.6. The van der Waals surface area contributed by atoms with E-state index in [1.807, 2.05) is 45.9 Å². The number of carbonyl (C=O) groups excluding carboxylic acids is 1. The van der Waals surface area contributed by atoms with Gasteiger partial charge in [0.05, 0.1) is 29.8 Å². The highest BCUT2D eigenvalue weighted by Gasteiger charge is 2.32. The molecular weight excluding hydrogens is 438 g/mol. The zero-order chi connectivity index (χ0) is 22.8. The van der Waals surface area contributed by atoms with Crippen LogP contribution in [0, 0.1) is 6.92 Å². The van der Waals surface area contributed by atoms with Gasteiger partial charge in [-0.25, -0.2) is 13.1 Å². The summed E-state index contributed by atoms with van der Waals surface area (Å²) in [5, 5.41) is 8.21. The number of rotatable bonds is 7. The van der Waals surface area contributed by atoms with Crippen molar-refractivity contribution in [3.8, 4) is 5.75 Å². The number of hydrogen-bond donors (Lipinski definition) is 1. The molecule has 0 radical (unpaired) electrons. The maximum absolute atomic E-state index is 12.5. The number of ether oxygens (including phenoxy) is 1. The monoisotopic (exact) mass is 467 g/mol. The number of nitrogens with zero attached hydrogens (tertiary/aromatic N) is 2. The van der Waals surface area contributed by atoms with Crippen molar-refractivity contribution < 1.29 is 17.9 Å². The molecular formula is C22H30ClN3O4S. The molecule has 0 bridgehead atoms. The van der Waals surface area contributed by atoms with Gasteiger partial charge in [-0.15, -0.1) is 0 Å². The maximum atomic E-state index is 12.5. The van der Waals surface area contributed by atoms with E-state index in [-0.39, 0.29) is 35.3 Å². The lowest BCUT2D eigenvalue weighted by Gasteiger charge is -2.15. The molecule has 3 rings (SSSR count). The van der Waals surface area contributed by atoms with Crippen LogP contribution in [-0.2, 0) is 20.0 Å². The highest BCUT2D eigenvalue weighted by Crippen LogP contribution is 2.31. The Labute approximate surface area is 189 Å². The molecule has 9 heteroatoms. The Morgan fingerprint density at radius 3 is 2.68 bits per heavy atom. The fourth-order valence-corrected chi connectivity index (χ4v) is 5.41. The lowest BCUT2D eigenvalue weighted by Crippen LogP contribution is -2.20. The van der Waals surface area contributed by atoms with E-state index in [2.05, 4.69) is 10.4 Å². The fraction of sp³-hybridized carbons (Fsp3) is 0.545. The summed E-state index contributed by atoms with van der Waals surface area (Å²) in [6, 6.07) is 7.01. The topological polar surface area (TPSA) is 90.3 Å². The van der Waals surface area contributed by atoms with Crippen molar-refractivity contribution in [2.24, 2.45) is 0 Å². The van der Waals surface area contributed by atoms with Gasteiger partial charge in [0.1, 0.15) is 11.6 Å². The fourth-order valence-electron chi connectivity index (χ4n) is 3.50. The van der Waals surface area contributed by atoms with Crippen LogP contribution in [0.3, 0.4) is 0 Å². The van der Waals surface area contributed by atoms with Crippen molar-refractivity contribution in [2.45, 2.75) is 58.4 Å². The minimum Gasteiger partial charge on any atom is -0.493 e. The van der Waals surface area contributed by atoms with Gasteiger partial charge >= 0.3 is 0 Å². The zero-order valence-electron chi connectivity index (χ0n) is 18.4. The Morgan fingerprint density at radius 1 is 1.32 bits per heavy atom. The molecule has 1 aromatic carbocycles. The lowest BCUT2D eigenvalue weighted by molar-refractivity contribution is -0.116. The minimum atomic E-state index is -3.06. The van der Waals surface area contributed by atoms with E-state index in [1.165, 1.54) is 0 Å². The number of aryl methyl sites for hydroxylation is 1. The van der Waals surface area contributed by atoms with Crippen LogP contribution in [0.4, 0.5) is 5.82 Å². The van der Waals surface area contributed by atoms with Crippen molar-refractivity contribution in [1.29, 1.82) is 0 Å². The molecule has 0 saturated carbocycles. The van der Waals surface area contributed by atoms with E-state index in [4.69, 9.17) is 16.3 Å². The van der Waals surface area contributed by atoms with Crippen LogP contribution in [0.2, 0.25) is 5.02 Å². The molecule has 1 saturated heterocycles. The summed E-state index contributed by atoms with van der Waals surface area (Å²) in [6.07, 6.45) is 1.34. The largest absolute Gasteiger partial charge is 0.493 e. The van der Waals surface area contributed by atoms with Crippen molar-refractivity contribution in [1.82, 2.24) is 9.78 Å². The van der Waals surface area contributed by atoms with Gasteiger partial charge in [-0.05, 0) is 43.5 Å². The number of amides is 1. The van der Waals surface area contributed by atoms with Crippen molar-refractivity contribution in [3.63, 3.8) is 0 Å². The predicted octanol–water partition coefficient (Wildman–Crippen LogP) is 4.30. The van der Waals surface area contributed by atoms with Crippen LogP contribution in [0.25, 0.3) is 0 Å². The van der Waals surface area contributed by atoms with Crippen LogP contribution in [0.5, 0.6) is 5.75 Å². The van der Waals surface area contributed by atoms with Crippen molar-refractivity contribution >= 4 is 33.2 Å². The lowest BCUT2D eigenvalue weighted by atomic mass is 9.92. The van der Waals surface area contributed by atoms with Gasteiger partial charge in [0.15, 0.2) is 9.84 Å². The predicted molar refractivity (Wildman–Crippen MR) is 123 cm³/mol. The zero-order valence-corrected chi connectivity index (χ0v) is 20.0. The van der Waals surface area contributed by atoms with Gasteiger partial charge in [0, 0.05) is 22.9 Å². The molecule has 0 aliphatic carbocycles. The summed E-state index contributed by atoms with van der Waals surface area (Å²) in [5.41, 5.74) is 1.54. The Bertz CT molecular complexity index is 1060. The summed E-state index contributed by atoms with van der Waals surface area (Å²) < 4.78 is 31.3. The normalized spacial score (nSPS) is 18.2. The quantitative estimate of drug-likeness (QED) is 0.613. The van der Waals surface area contributed by atoms with Crippen molar-refractivity contribution in [2.75, 3.05) is 23.4 Å². The van der Waals surface area contributed by atoms with Gasteiger partial charge < -0.3 is 10.1 Å². The third-order valence-electron chi connectivity index (χ3n) is 5.27. The van der Waals surface area contributed by atoms with Crippen LogP contribution >= 0.6 is 11.6 Å². The van der Waals surface area contributed by atoms with Gasteiger partial charge in [0.25, 0.3) is 0 Å². The first-order valence-electron chi connectivity index (χ1n) is 10.4. The standard InChI is InChI=1S/C22H30ClN3O4S/c1-15-12-16(23)7-8-18(15)30-10-5-6-21(27)24-20-13-19(22(2,3)4)25-26(20)17-9-11-31(28,29)14-17/h7-8,12-13,17H,5-6,9-11,14H2,1-4H3,(H,24,27)/t17-/m0/s1. The number of anilines is 1. The van der Waals surface area contributed by atoms with Crippen LogP contribution < -0.4 is 10.1 Å². The number of aromatic nitrogens is 2. The SMILES string of the molecule is Cc1cc(Cl)ccc1OCCCC(=O)Nc1cc(C(C)(C)C)nn1[C@H]1CCS(=O)(=O)C1. The average Bonchev–Trinajstić information content (AvgIpc) is 3.23. The number of hydrogen-bond acceptors (Lipinski definition) is 5. The molecule has 1 aliphatic rings. The molecule has 1 aliphatic heterocycles. The second-order valence-corrected chi connectivity index (χ2v) is 11.7. The number of carbonyl (C=O) groups is 1. The molecule has 1 fully saturated rings. The molecule has 7 nitrogen and oxygen atoms in total. The third kappa shape index (κ3) is 6.23. The number of benzene rings is 1. The van der Waals surface area contributed by atoms with Crippen LogP contribution in [-0.4, -0.2) is 42.2 Å². The Kier molecular flexibility index (Phi) is 7.01. The average molecular weight is 468 g/mol. The van der Waals surface area contributed by atoms with Gasteiger partial charge in [-0.1, -0.05) is 32.4 Å². The highest BCUT2D eigenvalue weighted by atomic mass is 35.5. The van der Waals surface area contributed by atoms with E-state index < -0.39 is 9.84 Å². The second-order valence-electron chi connectivity index (χ2n) is 9.08. The molecule has 1 amide bonds. The summed E-state index contributed by atoms with van der Waals surface area (Å²) >= 11 is 5.95. The first kappa shape index (κ1) is 23.6. The summed E-state index contributed by atoms with van der Waals surface area (Å²) in [5.74, 6) is 1.35. The molecule has 2 heterocycles. The van der Waals surface area contributed by atoms with Crippen LogP contribution in [0.1, 0.15) is 57.3 Å². The van der Waals surface area contributed by atoms with E-state index >= 15 is 0 Å². The summed E-state index contributed by atoms with van der Waals surface area (Å²) in [4.78, 5) is 12.5. The molecule has 1 N–H and O–H groups in total. The third-order valence-corrected chi connectivity index (χ3v) is 7.25. The Morgan fingerprint density at radius 2 is 2.06 bits per heavy atom. The van der Waals surface area contributed by atoms with Crippen LogP contribution in [0.15, 0.2) is 24.3 Å². The summed E-state index contributed by atoms with van der Waals surface area (Å²) in [7, 11) is -3.06. The number of halogens is 1. The molecule has 0 spiro atoms. The first-order chi connectivity index (χ1) is 14.4. The number of sulfone groups is 1. The maximum Gasteiger partial charge on any atom is 0.225 e. The molecule has 1 aromatic heterocycles. The van der Waals surface area contributed by atoms with E-state index in [0.717, 1.165) is 17.0 Å². The van der Waals surface area contributed by atoms with Gasteiger partial charge in [0.2, 0.25) is 5.91 Å². The van der Waals surface area contributed by atoms with E-state index in [0.29, 0.717) is 30.3 Å². The molecule has 31 heavy (non-hydrogen) atoms.